The van der Waals surface area contributed by atoms with Gasteiger partial charge in [0.15, 0.2) is 0 Å². The zero-order valence-corrected chi connectivity index (χ0v) is 12.6. The Bertz CT molecular complexity index is 537. The molecule has 1 aromatic heterocycles. The molecule has 0 radical (unpaired) electrons. The van der Waals surface area contributed by atoms with Crippen molar-refractivity contribution in [1.29, 1.82) is 0 Å². The summed E-state index contributed by atoms with van der Waals surface area (Å²) in [6.45, 7) is 0.766. The van der Waals surface area contributed by atoms with E-state index >= 15 is 0 Å². The summed E-state index contributed by atoms with van der Waals surface area (Å²) in [7, 11) is 1.81. The van der Waals surface area contributed by atoms with Gasteiger partial charge in [-0.2, -0.15) is 5.10 Å². The Morgan fingerprint density at radius 3 is 2.76 bits per heavy atom. The van der Waals surface area contributed by atoms with Crippen LogP contribution in [0, 0.1) is 5.92 Å². The van der Waals surface area contributed by atoms with Gasteiger partial charge < -0.3 is 4.90 Å². The van der Waals surface area contributed by atoms with Crippen molar-refractivity contribution in [3.05, 3.63) is 18.0 Å². The highest BCUT2D eigenvalue weighted by atomic mass is 16.2. The van der Waals surface area contributed by atoms with Crippen molar-refractivity contribution in [2.45, 2.75) is 51.0 Å². The van der Waals surface area contributed by atoms with Crippen LogP contribution in [0.4, 0.5) is 0 Å². The van der Waals surface area contributed by atoms with Crippen LogP contribution in [-0.2, 0) is 11.8 Å². The average molecular weight is 289 g/mol. The molecule has 21 heavy (non-hydrogen) atoms. The lowest BCUT2D eigenvalue weighted by molar-refractivity contribution is -0.127. The largest absolute Gasteiger partial charge is 0.335 e. The molecule has 2 unspecified atom stereocenters. The van der Waals surface area contributed by atoms with Gasteiger partial charge >= 0.3 is 0 Å². The third-order valence-corrected chi connectivity index (χ3v) is 4.83. The number of hydrogen-bond acceptors (Lipinski definition) is 3. The van der Waals surface area contributed by atoms with Crippen molar-refractivity contribution in [1.82, 2.24) is 14.7 Å². The first-order valence-electron chi connectivity index (χ1n) is 7.99. The molecular formula is C16H23N3O2. The number of aryl methyl sites for hydroxylation is 1. The third-order valence-electron chi connectivity index (χ3n) is 4.83. The van der Waals surface area contributed by atoms with Crippen LogP contribution in [-0.4, -0.2) is 39.0 Å². The maximum absolute atomic E-state index is 12.7. The number of ketones is 1. The summed E-state index contributed by atoms with van der Waals surface area (Å²) in [5.74, 6) is 0.447. The first kappa shape index (κ1) is 14.3. The molecule has 0 spiro atoms. The predicted octanol–water partition coefficient (Wildman–Crippen LogP) is 2.17. The van der Waals surface area contributed by atoms with Crippen molar-refractivity contribution in [2.24, 2.45) is 13.0 Å². The Hall–Kier alpha value is -1.65. The monoisotopic (exact) mass is 289 g/mol. The lowest BCUT2D eigenvalue weighted by Gasteiger charge is -2.41. The average Bonchev–Trinajstić information content (AvgIpc) is 2.94. The van der Waals surface area contributed by atoms with Crippen LogP contribution in [0.1, 0.15) is 55.3 Å². The van der Waals surface area contributed by atoms with Crippen molar-refractivity contribution in [3.8, 4) is 0 Å². The second-order valence-corrected chi connectivity index (χ2v) is 6.28. The molecule has 2 atom stereocenters. The van der Waals surface area contributed by atoms with Gasteiger partial charge in [0.05, 0.1) is 11.8 Å². The fourth-order valence-corrected chi connectivity index (χ4v) is 3.74. The first-order valence-corrected chi connectivity index (χ1v) is 7.99. The Kier molecular flexibility index (Phi) is 4.08. The molecule has 1 aliphatic carbocycles. The summed E-state index contributed by atoms with van der Waals surface area (Å²) in [5.41, 5.74) is 0.632. The molecule has 5 heteroatoms. The topological polar surface area (TPSA) is 55.2 Å². The van der Waals surface area contributed by atoms with Crippen molar-refractivity contribution >= 4 is 11.7 Å². The molecule has 1 aliphatic heterocycles. The normalized spacial score (nSPS) is 26.9. The second kappa shape index (κ2) is 6.00. The lowest BCUT2D eigenvalue weighted by Crippen LogP contribution is -2.50. The van der Waals surface area contributed by atoms with E-state index in [0.717, 1.165) is 45.1 Å². The molecule has 3 rings (SSSR count). The van der Waals surface area contributed by atoms with Gasteiger partial charge in [0.2, 0.25) is 0 Å². The Morgan fingerprint density at radius 2 is 2.05 bits per heavy atom. The van der Waals surface area contributed by atoms with Gasteiger partial charge in [0.25, 0.3) is 5.91 Å². The van der Waals surface area contributed by atoms with Crippen LogP contribution in [0.15, 0.2) is 12.4 Å². The molecule has 1 amide bonds. The Balaban J connectivity index is 1.80. The minimum Gasteiger partial charge on any atom is -0.335 e. The smallest absolute Gasteiger partial charge is 0.257 e. The number of amides is 1. The SMILES string of the molecule is Cn1cc(C(=O)N2CCCCC2C2CCCCC2=O)cn1. The fourth-order valence-electron chi connectivity index (χ4n) is 3.74. The van der Waals surface area contributed by atoms with Gasteiger partial charge in [0, 0.05) is 38.2 Å². The van der Waals surface area contributed by atoms with Crippen LogP contribution in [0.25, 0.3) is 0 Å². The van der Waals surface area contributed by atoms with E-state index in [1.165, 1.54) is 0 Å². The first-order chi connectivity index (χ1) is 10.2. The molecule has 2 aliphatic rings. The molecule has 2 fully saturated rings. The predicted molar refractivity (Wildman–Crippen MR) is 78.8 cm³/mol. The third kappa shape index (κ3) is 2.87. The zero-order valence-electron chi connectivity index (χ0n) is 12.6. The van der Waals surface area contributed by atoms with Gasteiger partial charge in [0.1, 0.15) is 5.78 Å². The molecule has 114 valence electrons. The Labute approximate surface area is 125 Å². The molecule has 5 nitrogen and oxygen atoms in total. The molecule has 0 aromatic carbocycles. The minimum absolute atomic E-state index is 0.0335. The van der Waals surface area contributed by atoms with Crippen LogP contribution in [0.3, 0.4) is 0 Å². The summed E-state index contributed by atoms with van der Waals surface area (Å²) in [5, 5.41) is 4.09. The molecule has 1 saturated carbocycles. The second-order valence-electron chi connectivity index (χ2n) is 6.28. The van der Waals surface area contributed by atoms with Gasteiger partial charge in [-0.3, -0.25) is 14.3 Å². The highest BCUT2D eigenvalue weighted by Crippen LogP contribution is 2.32. The van der Waals surface area contributed by atoms with E-state index < -0.39 is 0 Å². The maximum atomic E-state index is 12.7. The quantitative estimate of drug-likeness (QED) is 0.838. The van der Waals surface area contributed by atoms with E-state index in [2.05, 4.69) is 5.10 Å². The molecule has 0 N–H and O–H groups in total. The van der Waals surface area contributed by atoms with E-state index in [4.69, 9.17) is 0 Å². The summed E-state index contributed by atoms with van der Waals surface area (Å²) in [4.78, 5) is 26.9. The van der Waals surface area contributed by atoms with Crippen molar-refractivity contribution < 1.29 is 9.59 Å². The van der Waals surface area contributed by atoms with Gasteiger partial charge in [-0.1, -0.05) is 6.42 Å². The minimum atomic E-state index is 0.0335. The van der Waals surface area contributed by atoms with Crippen LogP contribution >= 0.6 is 0 Å². The van der Waals surface area contributed by atoms with E-state index in [1.807, 2.05) is 11.9 Å². The molecule has 1 aromatic rings. The van der Waals surface area contributed by atoms with Crippen LogP contribution < -0.4 is 0 Å². The van der Waals surface area contributed by atoms with E-state index in [-0.39, 0.29) is 17.9 Å². The number of likely N-dealkylation sites (tertiary alicyclic amines) is 1. The summed E-state index contributed by atoms with van der Waals surface area (Å²) in [6.07, 6.45) is 10.3. The summed E-state index contributed by atoms with van der Waals surface area (Å²) >= 11 is 0. The number of carbonyl (C=O) groups is 2. The highest BCUT2D eigenvalue weighted by Gasteiger charge is 2.37. The number of Topliss-reactive ketones (excluding diaryl/α,β-unsaturated/α-hetero) is 1. The van der Waals surface area contributed by atoms with Crippen molar-refractivity contribution in [2.75, 3.05) is 6.54 Å². The zero-order chi connectivity index (χ0) is 14.8. The van der Waals surface area contributed by atoms with Gasteiger partial charge in [-0.15, -0.1) is 0 Å². The standard InChI is InChI=1S/C16H23N3O2/c1-18-11-12(10-17-18)16(21)19-9-5-4-7-14(19)13-6-2-3-8-15(13)20/h10-11,13-14H,2-9H2,1H3. The summed E-state index contributed by atoms with van der Waals surface area (Å²) in [6, 6.07) is 0.0965. The van der Waals surface area contributed by atoms with Crippen molar-refractivity contribution in [3.63, 3.8) is 0 Å². The van der Waals surface area contributed by atoms with E-state index in [0.29, 0.717) is 17.8 Å². The van der Waals surface area contributed by atoms with E-state index in [9.17, 15) is 9.59 Å². The number of aromatic nitrogens is 2. The van der Waals surface area contributed by atoms with E-state index in [1.54, 1.807) is 17.1 Å². The number of nitrogens with zero attached hydrogens (tertiary/aromatic N) is 3. The van der Waals surface area contributed by atoms with Gasteiger partial charge in [-0.05, 0) is 32.1 Å². The molecular weight excluding hydrogens is 266 g/mol. The maximum Gasteiger partial charge on any atom is 0.257 e. The number of rotatable bonds is 2. The molecule has 2 heterocycles. The number of piperidine rings is 1. The van der Waals surface area contributed by atoms with Crippen LogP contribution in [0.5, 0.6) is 0 Å². The molecule has 1 saturated heterocycles. The number of hydrogen-bond donors (Lipinski definition) is 0. The van der Waals surface area contributed by atoms with Crippen LogP contribution in [0.2, 0.25) is 0 Å². The Morgan fingerprint density at radius 1 is 1.24 bits per heavy atom. The fraction of sp³-hybridized carbons (Fsp3) is 0.688. The molecule has 0 bridgehead atoms. The van der Waals surface area contributed by atoms with Gasteiger partial charge in [-0.25, -0.2) is 0 Å². The highest BCUT2D eigenvalue weighted by molar-refractivity contribution is 5.94. The lowest BCUT2D eigenvalue weighted by atomic mass is 9.79. The summed E-state index contributed by atoms with van der Waals surface area (Å²) < 4.78 is 1.65. The number of carbonyl (C=O) groups excluding carboxylic acids is 2.